The topological polar surface area (TPSA) is 38.7 Å². The number of hydrogen-bond donors (Lipinski definition) is 1. The number of benzene rings is 1. The zero-order chi connectivity index (χ0) is 14.8. The fraction of sp³-hybridized carbons (Fsp3) is 0.647. The van der Waals surface area contributed by atoms with Crippen LogP contribution < -0.4 is 4.74 Å². The van der Waals surface area contributed by atoms with Crippen LogP contribution in [0.2, 0.25) is 0 Å². The average Bonchev–Trinajstić information content (AvgIpc) is 2.49. The molecule has 0 radical (unpaired) electrons. The van der Waals surface area contributed by atoms with E-state index in [0.717, 1.165) is 48.1 Å². The zero-order valence-corrected chi connectivity index (χ0v) is 13.0. The fourth-order valence-corrected chi connectivity index (χ4v) is 3.35. The van der Waals surface area contributed by atoms with Crippen LogP contribution in [0.3, 0.4) is 0 Å². The van der Waals surface area contributed by atoms with Gasteiger partial charge in [-0.15, -0.1) is 0 Å². The Labute approximate surface area is 121 Å². The van der Waals surface area contributed by atoms with Crippen LogP contribution in [0.1, 0.15) is 54.9 Å². The van der Waals surface area contributed by atoms with E-state index in [4.69, 9.17) is 9.47 Å². The summed E-state index contributed by atoms with van der Waals surface area (Å²) in [4.78, 5) is 0. The fourth-order valence-electron chi connectivity index (χ4n) is 3.35. The highest BCUT2D eigenvalue weighted by Gasteiger charge is 2.40. The molecule has 1 atom stereocenters. The Morgan fingerprint density at radius 1 is 1.05 bits per heavy atom. The number of rotatable bonds is 4. The molecule has 0 heterocycles. The smallest absolute Gasteiger partial charge is 0.122 e. The van der Waals surface area contributed by atoms with Gasteiger partial charge in [0.15, 0.2) is 0 Å². The van der Waals surface area contributed by atoms with Crippen molar-refractivity contribution in [3.8, 4) is 5.75 Å². The van der Waals surface area contributed by atoms with Gasteiger partial charge in [-0.2, -0.15) is 0 Å². The van der Waals surface area contributed by atoms with E-state index in [9.17, 15) is 5.11 Å². The van der Waals surface area contributed by atoms with Crippen LogP contribution in [0.25, 0.3) is 0 Å². The van der Waals surface area contributed by atoms with Crippen molar-refractivity contribution in [1.29, 1.82) is 0 Å². The molecule has 3 heteroatoms. The molecule has 0 saturated heterocycles. The lowest BCUT2D eigenvalue weighted by Gasteiger charge is -2.40. The predicted octanol–water partition coefficient (Wildman–Crippen LogP) is 3.69. The molecular formula is C17H26O3. The average molecular weight is 278 g/mol. The van der Waals surface area contributed by atoms with Crippen LogP contribution in [0.5, 0.6) is 5.75 Å². The number of aryl methyl sites for hydroxylation is 2. The molecule has 2 rings (SSSR count). The molecule has 1 fully saturated rings. The molecular weight excluding hydrogens is 252 g/mol. The quantitative estimate of drug-likeness (QED) is 0.912. The molecule has 0 bridgehead atoms. The van der Waals surface area contributed by atoms with Gasteiger partial charge in [-0.3, -0.25) is 0 Å². The van der Waals surface area contributed by atoms with E-state index < -0.39 is 11.7 Å². The molecule has 1 aliphatic rings. The van der Waals surface area contributed by atoms with Gasteiger partial charge in [0.05, 0.1) is 12.7 Å². The Bertz CT molecular complexity index is 462. The van der Waals surface area contributed by atoms with Gasteiger partial charge in [0.2, 0.25) is 0 Å². The second-order valence-electron chi connectivity index (χ2n) is 5.91. The summed E-state index contributed by atoms with van der Waals surface area (Å²) in [5.74, 6) is 0.869. The Morgan fingerprint density at radius 3 is 2.25 bits per heavy atom. The number of hydrogen-bond acceptors (Lipinski definition) is 3. The van der Waals surface area contributed by atoms with Crippen LogP contribution in [-0.2, 0) is 4.74 Å². The van der Waals surface area contributed by atoms with E-state index in [1.165, 1.54) is 6.42 Å². The largest absolute Gasteiger partial charge is 0.496 e. The Morgan fingerprint density at radius 2 is 1.70 bits per heavy atom. The summed E-state index contributed by atoms with van der Waals surface area (Å²) in [6.07, 6.45) is 4.76. The summed E-state index contributed by atoms with van der Waals surface area (Å²) in [5, 5.41) is 10.9. The van der Waals surface area contributed by atoms with E-state index in [1.807, 2.05) is 26.0 Å². The Kier molecular flexibility index (Phi) is 4.71. The minimum absolute atomic E-state index is 0.427. The first-order chi connectivity index (χ1) is 9.54. The first-order valence-corrected chi connectivity index (χ1v) is 7.42. The van der Waals surface area contributed by atoms with Gasteiger partial charge in [0.1, 0.15) is 11.9 Å². The van der Waals surface area contributed by atoms with Crippen molar-refractivity contribution < 1.29 is 14.6 Å². The van der Waals surface area contributed by atoms with Crippen molar-refractivity contribution in [2.45, 2.75) is 57.7 Å². The maximum absolute atomic E-state index is 10.9. The third-order valence-corrected chi connectivity index (χ3v) is 4.68. The third-order valence-electron chi connectivity index (χ3n) is 4.68. The van der Waals surface area contributed by atoms with Crippen LogP contribution in [0, 0.1) is 13.8 Å². The summed E-state index contributed by atoms with van der Waals surface area (Å²) in [6.45, 7) is 4.03. The molecule has 20 heavy (non-hydrogen) atoms. The molecule has 1 N–H and O–H groups in total. The van der Waals surface area contributed by atoms with Gasteiger partial charge in [-0.1, -0.05) is 19.3 Å². The first-order valence-electron chi connectivity index (χ1n) is 7.42. The Balaban J connectivity index is 2.36. The maximum Gasteiger partial charge on any atom is 0.122 e. The number of methoxy groups -OCH3 is 2. The summed E-state index contributed by atoms with van der Waals surface area (Å²) in [7, 11) is 3.40. The molecule has 1 aromatic carbocycles. The first kappa shape index (κ1) is 15.3. The Hall–Kier alpha value is -1.06. The minimum atomic E-state index is -0.572. The van der Waals surface area contributed by atoms with Crippen molar-refractivity contribution >= 4 is 0 Å². The second-order valence-corrected chi connectivity index (χ2v) is 5.91. The molecule has 1 aromatic rings. The summed E-state index contributed by atoms with van der Waals surface area (Å²) in [5.41, 5.74) is 2.65. The van der Waals surface area contributed by atoms with E-state index in [2.05, 4.69) is 0 Å². The molecule has 0 aliphatic heterocycles. The van der Waals surface area contributed by atoms with Crippen molar-refractivity contribution in [2.75, 3.05) is 14.2 Å². The third kappa shape index (κ3) is 2.70. The highest BCUT2D eigenvalue weighted by Crippen LogP contribution is 2.42. The highest BCUT2D eigenvalue weighted by molar-refractivity contribution is 5.43. The maximum atomic E-state index is 10.9. The molecule has 0 aromatic heterocycles. The lowest BCUT2D eigenvalue weighted by Crippen LogP contribution is -2.40. The van der Waals surface area contributed by atoms with E-state index in [0.29, 0.717) is 0 Å². The minimum Gasteiger partial charge on any atom is -0.496 e. The van der Waals surface area contributed by atoms with Crippen molar-refractivity contribution in [1.82, 2.24) is 0 Å². The lowest BCUT2D eigenvalue weighted by atomic mass is 9.77. The number of ether oxygens (including phenoxy) is 2. The molecule has 1 saturated carbocycles. The van der Waals surface area contributed by atoms with Crippen molar-refractivity contribution in [3.63, 3.8) is 0 Å². The normalized spacial score (nSPS) is 19.6. The van der Waals surface area contributed by atoms with Gasteiger partial charge in [0.25, 0.3) is 0 Å². The van der Waals surface area contributed by atoms with Gasteiger partial charge in [-0.05, 0) is 55.5 Å². The van der Waals surface area contributed by atoms with Crippen molar-refractivity contribution in [3.05, 3.63) is 28.8 Å². The number of aliphatic hydroxyl groups is 1. The molecule has 0 amide bonds. The van der Waals surface area contributed by atoms with E-state index in [-0.39, 0.29) is 0 Å². The predicted molar refractivity (Wildman–Crippen MR) is 80.3 cm³/mol. The SMILES string of the molecule is COc1cc(C)c(C(O)C2(OC)CCCCC2)cc1C. The lowest BCUT2D eigenvalue weighted by molar-refractivity contribution is -0.125. The van der Waals surface area contributed by atoms with Gasteiger partial charge in [-0.25, -0.2) is 0 Å². The summed E-state index contributed by atoms with van der Waals surface area (Å²) in [6, 6.07) is 4.04. The molecule has 3 nitrogen and oxygen atoms in total. The summed E-state index contributed by atoms with van der Waals surface area (Å²) >= 11 is 0. The van der Waals surface area contributed by atoms with Gasteiger partial charge in [0, 0.05) is 7.11 Å². The van der Waals surface area contributed by atoms with Gasteiger partial charge >= 0.3 is 0 Å². The van der Waals surface area contributed by atoms with E-state index >= 15 is 0 Å². The van der Waals surface area contributed by atoms with Crippen LogP contribution in [0.4, 0.5) is 0 Å². The summed E-state index contributed by atoms with van der Waals surface area (Å²) < 4.78 is 11.1. The zero-order valence-electron chi connectivity index (χ0n) is 13.0. The molecule has 0 spiro atoms. The monoisotopic (exact) mass is 278 g/mol. The number of aliphatic hydroxyl groups excluding tert-OH is 1. The molecule has 1 unspecified atom stereocenters. The van der Waals surface area contributed by atoms with Crippen LogP contribution in [-0.4, -0.2) is 24.9 Å². The standard InChI is InChI=1S/C17H26O3/c1-12-11-15(19-3)13(2)10-14(12)16(18)17(20-4)8-6-5-7-9-17/h10-11,16,18H,5-9H2,1-4H3. The molecule has 112 valence electrons. The highest BCUT2D eigenvalue weighted by atomic mass is 16.5. The van der Waals surface area contributed by atoms with Gasteiger partial charge < -0.3 is 14.6 Å². The van der Waals surface area contributed by atoms with Crippen LogP contribution in [0.15, 0.2) is 12.1 Å². The second kappa shape index (κ2) is 6.15. The van der Waals surface area contributed by atoms with E-state index in [1.54, 1.807) is 14.2 Å². The molecule has 1 aliphatic carbocycles. The van der Waals surface area contributed by atoms with Crippen molar-refractivity contribution in [2.24, 2.45) is 0 Å². The van der Waals surface area contributed by atoms with Crippen LogP contribution >= 0.6 is 0 Å².